The van der Waals surface area contributed by atoms with Crippen LogP contribution in [-0.2, 0) is 5.60 Å². The van der Waals surface area contributed by atoms with E-state index in [1.807, 2.05) is 11.8 Å². The zero-order valence-electron chi connectivity index (χ0n) is 12.7. The fourth-order valence-electron chi connectivity index (χ4n) is 2.41. The topological polar surface area (TPSA) is 92.4 Å². The smallest absolute Gasteiger partial charge is 0.276 e. The summed E-state index contributed by atoms with van der Waals surface area (Å²) in [5, 5.41) is 19.7. The van der Waals surface area contributed by atoms with E-state index in [0.717, 1.165) is 19.4 Å². The van der Waals surface area contributed by atoms with E-state index in [-0.39, 0.29) is 23.7 Å². The Morgan fingerprint density at radius 1 is 1.50 bits per heavy atom. The van der Waals surface area contributed by atoms with Crippen LogP contribution in [0.1, 0.15) is 50.0 Å². The molecule has 8 heteroatoms. The minimum atomic E-state index is -1.20. The van der Waals surface area contributed by atoms with Crippen LogP contribution in [0, 0.1) is 0 Å². The van der Waals surface area contributed by atoms with E-state index in [2.05, 4.69) is 15.2 Å². The lowest BCUT2D eigenvalue weighted by atomic mass is 10.1. The molecule has 0 spiro atoms. The maximum atomic E-state index is 12.4. The molecule has 1 atom stereocenters. The third-order valence-electron chi connectivity index (χ3n) is 3.67. The lowest BCUT2D eigenvalue weighted by Crippen LogP contribution is -2.33. The fourth-order valence-corrected chi connectivity index (χ4v) is 3.12. The number of likely N-dealkylation sites (tertiary alicyclic amines) is 1. The number of amides is 1. The Balaban J connectivity index is 1.82. The molecule has 0 radical (unpaired) electrons. The van der Waals surface area contributed by atoms with E-state index in [1.165, 1.54) is 11.3 Å². The minimum absolute atomic E-state index is 0.0604. The van der Waals surface area contributed by atoms with Gasteiger partial charge in [-0.1, -0.05) is 0 Å². The summed E-state index contributed by atoms with van der Waals surface area (Å²) in [6.45, 7) is 5.95. The molecule has 2 aromatic heterocycles. The summed E-state index contributed by atoms with van der Waals surface area (Å²) < 4.78 is 5.42. The van der Waals surface area contributed by atoms with E-state index in [4.69, 9.17) is 4.42 Å². The Labute approximate surface area is 132 Å². The molecule has 0 aromatic carbocycles. The Bertz CT molecular complexity index is 688. The summed E-state index contributed by atoms with van der Waals surface area (Å²) in [6, 6.07) is 0.253. The Hall–Kier alpha value is -1.80. The molecule has 3 rings (SSSR count). The molecule has 2 aromatic rings. The number of aromatic nitrogens is 3. The van der Waals surface area contributed by atoms with Crippen molar-refractivity contribution in [1.82, 2.24) is 20.1 Å². The monoisotopic (exact) mass is 322 g/mol. The van der Waals surface area contributed by atoms with Gasteiger partial charge in [0.25, 0.3) is 11.8 Å². The molecule has 1 aliphatic rings. The first-order valence-electron chi connectivity index (χ1n) is 7.19. The van der Waals surface area contributed by atoms with Crippen molar-refractivity contribution in [1.29, 1.82) is 0 Å². The van der Waals surface area contributed by atoms with E-state index >= 15 is 0 Å². The van der Waals surface area contributed by atoms with Gasteiger partial charge < -0.3 is 14.4 Å². The molecule has 1 N–H and O–H groups in total. The van der Waals surface area contributed by atoms with Gasteiger partial charge in [0, 0.05) is 18.0 Å². The number of rotatable bonds is 3. The van der Waals surface area contributed by atoms with Crippen LogP contribution in [0.5, 0.6) is 0 Å². The van der Waals surface area contributed by atoms with E-state index in [1.54, 1.807) is 19.2 Å². The third-order valence-corrected chi connectivity index (χ3v) is 4.50. The van der Waals surface area contributed by atoms with Crippen molar-refractivity contribution < 1.29 is 14.3 Å². The van der Waals surface area contributed by atoms with Crippen LogP contribution in [0.15, 0.2) is 9.80 Å². The highest BCUT2D eigenvalue weighted by Gasteiger charge is 2.29. The standard InChI is InChI=1S/C14H18N4O3S/c1-8-5-4-6-18(8)12(19)9-7-22-11(15-9)10-16-17-13(21-10)14(2,3)20/h7-8,20H,4-6H2,1-3H3/t8-/m0/s1. The number of hydrogen-bond donors (Lipinski definition) is 1. The summed E-state index contributed by atoms with van der Waals surface area (Å²) in [5.74, 6) is 0.282. The predicted molar refractivity (Wildman–Crippen MR) is 80.4 cm³/mol. The van der Waals surface area contributed by atoms with Crippen molar-refractivity contribution in [3.05, 3.63) is 17.0 Å². The number of hydrogen-bond acceptors (Lipinski definition) is 7. The summed E-state index contributed by atoms with van der Waals surface area (Å²) in [5.41, 5.74) is -0.802. The molecular formula is C14H18N4O3S. The predicted octanol–water partition coefficient (Wildman–Crippen LogP) is 2.05. The van der Waals surface area contributed by atoms with Crippen molar-refractivity contribution in [3.8, 4) is 10.9 Å². The zero-order chi connectivity index (χ0) is 15.9. The van der Waals surface area contributed by atoms with Gasteiger partial charge in [-0.15, -0.1) is 21.5 Å². The SMILES string of the molecule is C[C@H]1CCCN1C(=O)c1csc(-c2nnc(C(C)(C)O)o2)n1. The second-order valence-corrected chi connectivity index (χ2v) is 6.86. The summed E-state index contributed by atoms with van der Waals surface area (Å²) in [4.78, 5) is 18.6. The van der Waals surface area contributed by atoms with Gasteiger partial charge in [0.1, 0.15) is 11.3 Å². The van der Waals surface area contributed by atoms with Gasteiger partial charge in [-0.2, -0.15) is 0 Å². The van der Waals surface area contributed by atoms with E-state index in [9.17, 15) is 9.90 Å². The van der Waals surface area contributed by atoms with E-state index < -0.39 is 5.60 Å². The lowest BCUT2D eigenvalue weighted by molar-refractivity contribution is 0.0487. The van der Waals surface area contributed by atoms with Crippen LogP contribution >= 0.6 is 11.3 Å². The van der Waals surface area contributed by atoms with Gasteiger partial charge in [0.15, 0.2) is 5.01 Å². The fraction of sp³-hybridized carbons (Fsp3) is 0.571. The largest absolute Gasteiger partial charge is 0.415 e. The van der Waals surface area contributed by atoms with Gasteiger partial charge in [-0.25, -0.2) is 4.98 Å². The molecule has 1 amide bonds. The number of nitrogens with zero attached hydrogens (tertiary/aromatic N) is 4. The summed E-state index contributed by atoms with van der Waals surface area (Å²) in [6.07, 6.45) is 2.06. The van der Waals surface area contributed by atoms with Crippen LogP contribution < -0.4 is 0 Å². The summed E-state index contributed by atoms with van der Waals surface area (Å²) in [7, 11) is 0. The molecule has 0 aliphatic carbocycles. The number of carbonyl (C=O) groups excluding carboxylic acids is 1. The maximum absolute atomic E-state index is 12.4. The molecule has 1 fully saturated rings. The molecule has 3 heterocycles. The second-order valence-electron chi connectivity index (χ2n) is 6.00. The molecule has 118 valence electrons. The third kappa shape index (κ3) is 2.76. The maximum Gasteiger partial charge on any atom is 0.276 e. The van der Waals surface area contributed by atoms with Crippen LogP contribution in [0.4, 0.5) is 0 Å². The zero-order valence-corrected chi connectivity index (χ0v) is 13.6. The van der Waals surface area contributed by atoms with Gasteiger partial charge in [0.05, 0.1) is 0 Å². The van der Waals surface area contributed by atoms with Crippen molar-refractivity contribution in [2.75, 3.05) is 6.54 Å². The molecule has 0 unspecified atom stereocenters. The van der Waals surface area contributed by atoms with Crippen LogP contribution in [0.3, 0.4) is 0 Å². The van der Waals surface area contributed by atoms with Crippen LogP contribution in [-0.4, -0.2) is 43.7 Å². The Kier molecular flexibility index (Phi) is 3.73. The molecule has 7 nitrogen and oxygen atoms in total. The van der Waals surface area contributed by atoms with Gasteiger partial charge >= 0.3 is 0 Å². The Morgan fingerprint density at radius 3 is 2.86 bits per heavy atom. The van der Waals surface area contributed by atoms with Crippen molar-refractivity contribution >= 4 is 17.2 Å². The summed E-state index contributed by atoms with van der Waals surface area (Å²) >= 11 is 1.28. The van der Waals surface area contributed by atoms with Gasteiger partial charge in [0.2, 0.25) is 5.89 Å². The molecule has 22 heavy (non-hydrogen) atoms. The van der Waals surface area contributed by atoms with Crippen LogP contribution in [0.2, 0.25) is 0 Å². The lowest BCUT2D eigenvalue weighted by Gasteiger charge is -2.19. The number of thiazole rings is 1. The quantitative estimate of drug-likeness (QED) is 0.929. The molecule has 0 bridgehead atoms. The first-order chi connectivity index (χ1) is 10.4. The molecular weight excluding hydrogens is 304 g/mol. The second kappa shape index (κ2) is 5.44. The Morgan fingerprint density at radius 2 is 2.27 bits per heavy atom. The average Bonchev–Trinajstić information content (AvgIpc) is 3.16. The van der Waals surface area contributed by atoms with Crippen molar-refractivity contribution in [2.45, 2.75) is 45.3 Å². The molecule has 1 aliphatic heterocycles. The van der Waals surface area contributed by atoms with Gasteiger partial charge in [-0.3, -0.25) is 4.79 Å². The normalized spacial score (nSPS) is 18.9. The first kappa shape index (κ1) is 15.1. The highest BCUT2D eigenvalue weighted by atomic mass is 32.1. The van der Waals surface area contributed by atoms with Gasteiger partial charge in [-0.05, 0) is 33.6 Å². The van der Waals surface area contributed by atoms with Crippen LogP contribution in [0.25, 0.3) is 10.9 Å². The first-order valence-corrected chi connectivity index (χ1v) is 8.07. The molecule has 0 saturated carbocycles. The van der Waals surface area contributed by atoms with Crippen molar-refractivity contribution in [3.63, 3.8) is 0 Å². The average molecular weight is 322 g/mol. The minimum Gasteiger partial charge on any atom is -0.415 e. The van der Waals surface area contributed by atoms with Crippen molar-refractivity contribution in [2.24, 2.45) is 0 Å². The number of aliphatic hydroxyl groups is 1. The highest BCUT2D eigenvalue weighted by Crippen LogP contribution is 2.27. The highest BCUT2D eigenvalue weighted by molar-refractivity contribution is 7.13. The molecule has 1 saturated heterocycles. The number of carbonyl (C=O) groups is 1. The van der Waals surface area contributed by atoms with E-state index in [0.29, 0.717) is 10.7 Å².